The molecule has 0 saturated carbocycles. The molecule has 1 rings (SSSR count). The highest BCUT2D eigenvalue weighted by Gasteiger charge is 2.19. The van der Waals surface area contributed by atoms with Gasteiger partial charge in [-0.05, 0) is 46.8 Å². The van der Waals surface area contributed by atoms with E-state index in [0.717, 1.165) is 0 Å². The highest BCUT2D eigenvalue weighted by Crippen LogP contribution is 2.10. The summed E-state index contributed by atoms with van der Waals surface area (Å²) in [6, 6.07) is 3.30. The van der Waals surface area contributed by atoms with Crippen molar-refractivity contribution in [2.75, 3.05) is 0 Å². The monoisotopic (exact) mass is 236 g/mol. The molecule has 0 fully saturated rings. The number of carbonyl (C=O) groups is 1. The highest BCUT2D eigenvalue weighted by atomic mass is 16.2. The Morgan fingerprint density at radius 3 is 2.41 bits per heavy atom. The third kappa shape index (κ3) is 3.19. The van der Waals surface area contributed by atoms with Crippen LogP contribution in [0.15, 0.2) is 23.1 Å². The molecule has 1 aromatic rings. The van der Waals surface area contributed by atoms with E-state index in [4.69, 9.17) is 0 Å². The van der Waals surface area contributed by atoms with Gasteiger partial charge in [-0.25, -0.2) is 0 Å². The van der Waals surface area contributed by atoms with Crippen LogP contribution in [0.2, 0.25) is 0 Å². The molecule has 0 bridgehead atoms. The number of aromatic nitrogens is 1. The number of hydrogen-bond acceptors (Lipinski definition) is 2. The summed E-state index contributed by atoms with van der Waals surface area (Å²) < 4.78 is 1.57. The van der Waals surface area contributed by atoms with Gasteiger partial charge >= 0.3 is 0 Å². The van der Waals surface area contributed by atoms with Crippen molar-refractivity contribution < 1.29 is 4.79 Å². The highest BCUT2D eigenvalue weighted by molar-refractivity contribution is 5.93. The van der Waals surface area contributed by atoms with Crippen LogP contribution >= 0.6 is 0 Å². The molecule has 1 amide bonds. The van der Waals surface area contributed by atoms with E-state index in [1.807, 2.05) is 34.6 Å². The SMILES string of the molecule is CC(C)NC(=O)c1cccn(C(C)(C)C)c1=O. The second-order valence-electron chi connectivity index (χ2n) is 5.40. The Balaban J connectivity index is 3.21. The molecule has 0 spiro atoms. The largest absolute Gasteiger partial charge is 0.350 e. The molecule has 17 heavy (non-hydrogen) atoms. The van der Waals surface area contributed by atoms with Crippen molar-refractivity contribution >= 4 is 5.91 Å². The predicted molar refractivity (Wildman–Crippen MR) is 68.3 cm³/mol. The second kappa shape index (κ2) is 4.73. The zero-order valence-corrected chi connectivity index (χ0v) is 11.1. The molecule has 1 aromatic heterocycles. The van der Waals surface area contributed by atoms with Gasteiger partial charge in [-0.3, -0.25) is 9.59 Å². The number of pyridine rings is 1. The van der Waals surface area contributed by atoms with E-state index in [9.17, 15) is 9.59 Å². The van der Waals surface area contributed by atoms with Gasteiger partial charge in [0.25, 0.3) is 11.5 Å². The quantitative estimate of drug-likeness (QED) is 0.850. The fourth-order valence-electron chi connectivity index (χ4n) is 1.54. The molecule has 1 N–H and O–H groups in total. The molecule has 1 heterocycles. The van der Waals surface area contributed by atoms with Crippen molar-refractivity contribution in [1.82, 2.24) is 9.88 Å². The van der Waals surface area contributed by atoms with Crippen molar-refractivity contribution in [1.29, 1.82) is 0 Å². The second-order valence-corrected chi connectivity index (χ2v) is 5.40. The Hall–Kier alpha value is -1.58. The maximum Gasteiger partial charge on any atom is 0.263 e. The van der Waals surface area contributed by atoms with Crippen LogP contribution < -0.4 is 10.9 Å². The average molecular weight is 236 g/mol. The molecule has 0 aromatic carbocycles. The molecular formula is C13H20N2O2. The molecule has 0 saturated heterocycles. The lowest BCUT2D eigenvalue weighted by molar-refractivity contribution is 0.0940. The third-order valence-electron chi connectivity index (χ3n) is 2.33. The molecular weight excluding hydrogens is 216 g/mol. The van der Waals surface area contributed by atoms with Crippen LogP contribution in [0, 0.1) is 0 Å². The van der Waals surface area contributed by atoms with Gasteiger partial charge < -0.3 is 9.88 Å². The van der Waals surface area contributed by atoms with Crippen LogP contribution in [-0.4, -0.2) is 16.5 Å². The number of nitrogens with zero attached hydrogens (tertiary/aromatic N) is 1. The summed E-state index contributed by atoms with van der Waals surface area (Å²) in [5.41, 5.74) is -0.389. The van der Waals surface area contributed by atoms with Gasteiger partial charge in [-0.2, -0.15) is 0 Å². The lowest BCUT2D eigenvalue weighted by Crippen LogP contribution is -2.40. The van der Waals surface area contributed by atoms with Crippen molar-refractivity contribution in [2.45, 2.75) is 46.2 Å². The number of nitrogens with one attached hydrogen (secondary N) is 1. The predicted octanol–water partition coefficient (Wildman–Crippen LogP) is 1.74. The summed E-state index contributed by atoms with van der Waals surface area (Å²) in [5.74, 6) is -0.316. The van der Waals surface area contributed by atoms with E-state index in [-0.39, 0.29) is 28.6 Å². The molecule has 0 radical (unpaired) electrons. The van der Waals surface area contributed by atoms with Gasteiger partial charge in [0.15, 0.2) is 0 Å². The van der Waals surface area contributed by atoms with Crippen molar-refractivity contribution in [3.63, 3.8) is 0 Å². The van der Waals surface area contributed by atoms with Crippen LogP contribution in [0.5, 0.6) is 0 Å². The zero-order valence-electron chi connectivity index (χ0n) is 11.1. The Kier molecular flexibility index (Phi) is 3.76. The van der Waals surface area contributed by atoms with E-state index < -0.39 is 0 Å². The third-order valence-corrected chi connectivity index (χ3v) is 2.33. The molecule has 0 aliphatic heterocycles. The number of hydrogen-bond donors (Lipinski definition) is 1. The van der Waals surface area contributed by atoms with Crippen molar-refractivity contribution in [3.05, 3.63) is 34.2 Å². The first-order valence-corrected chi connectivity index (χ1v) is 5.76. The van der Waals surface area contributed by atoms with Gasteiger partial charge in [-0.15, -0.1) is 0 Å². The average Bonchev–Trinajstić information content (AvgIpc) is 2.14. The summed E-state index contributed by atoms with van der Waals surface area (Å²) in [7, 11) is 0. The van der Waals surface area contributed by atoms with Crippen LogP contribution in [0.1, 0.15) is 45.0 Å². The van der Waals surface area contributed by atoms with E-state index >= 15 is 0 Å². The Morgan fingerprint density at radius 1 is 1.35 bits per heavy atom. The van der Waals surface area contributed by atoms with E-state index in [2.05, 4.69) is 5.32 Å². The molecule has 0 atom stereocenters. The summed E-state index contributed by atoms with van der Waals surface area (Å²) in [5, 5.41) is 2.73. The number of carbonyl (C=O) groups excluding carboxylic acids is 1. The Morgan fingerprint density at radius 2 is 1.94 bits per heavy atom. The summed E-state index contributed by atoms with van der Waals surface area (Å²) >= 11 is 0. The molecule has 0 aliphatic carbocycles. The van der Waals surface area contributed by atoms with Crippen LogP contribution in [0.3, 0.4) is 0 Å². The Bertz CT molecular complexity index is 467. The summed E-state index contributed by atoms with van der Waals surface area (Å²) in [4.78, 5) is 24.0. The number of rotatable bonds is 2. The minimum absolute atomic E-state index is 0.0187. The molecule has 0 unspecified atom stereocenters. The lowest BCUT2D eigenvalue weighted by atomic mass is 10.1. The minimum Gasteiger partial charge on any atom is -0.350 e. The van der Waals surface area contributed by atoms with Gasteiger partial charge in [-0.1, -0.05) is 0 Å². The maximum absolute atomic E-state index is 12.1. The Labute approximate surface area is 102 Å². The summed E-state index contributed by atoms with van der Waals surface area (Å²) in [6.45, 7) is 9.52. The van der Waals surface area contributed by atoms with Gasteiger partial charge in [0.05, 0.1) is 0 Å². The zero-order chi connectivity index (χ0) is 13.2. The van der Waals surface area contributed by atoms with Gasteiger partial charge in [0.1, 0.15) is 5.56 Å². The standard InChI is InChI=1S/C13H20N2O2/c1-9(2)14-11(16)10-7-6-8-15(12(10)17)13(3,4)5/h6-9H,1-5H3,(H,14,16). The lowest BCUT2D eigenvalue weighted by Gasteiger charge is -2.22. The molecule has 0 aliphatic rings. The number of amides is 1. The smallest absolute Gasteiger partial charge is 0.263 e. The van der Waals surface area contributed by atoms with Crippen LogP contribution in [0.4, 0.5) is 0 Å². The minimum atomic E-state index is -0.328. The fourth-order valence-corrected chi connectivity index (χ4v) is 1.54. The van der Waals surface area contributed by atoms with Crippen LogP contribution in [0.25, 0.3) is 0 Å². The van der Waals surface area contributed by atoms with E-state index in [1.165, 1.54) is 0 Å². The maximum atomic E-state index is 12.1. The molecule has 4 heteroatoms. The topological polar surface area (TPSA) is 51.1 Å². The van der Waals surface area contributed by atoms with Crippen molar-refractivity contribution in [3.8, 4) is 0 Å². The van der Waals surface area contributed by atoms with Gasteiger partial charge in [0, 0.05) is 17.8 Å². The normalized spacial score (nSPS) is 11.6. The van der Waals surface area contributed by atoms with Gasteiger partial charge in [0.2, 0.25) is 0 Å². The first kappa shape index (κ1) is 13.5. The molecule has 4 nitrogen and oxygen atoms in total. The first-order valence-electron chi connectivity index (χ1n) is 5.76. The fraction of sp³-hybridized carbons (Fsp3) is 0.538. The van der Waals surface area contributed by atoms with Crippen molar-refractivity contribution in [2.24, 2.45) is 0 Å². The van der Waals surface area contributed by atoms with E-state index in [1.54, 1.807) is 22.9 Å². The summed E-state index contributed by atoms with van der Waals surface area (Å²) in [6.07, 6.45) is 1.70. The first-order chi connectivity index (χ1) is 7.73. The van der Waals surface area contributed by atoms with E-state index in [0.29, 0.717) is 0 Å². The van der Waals surface area contributed by atoms with Crippen LogP contribution in [-0.2, 0) is 5.54 Å². The molecule has 94 valence electrons.